The van der Waals surface area contributed by atoms with Crippen molar-refractivity contribution in [1.82, 2.24) is 5.32 Å². The molecule has 0 aromatic heterocycles. The van der Waals surface area contributed by atoms with Crippen LogP contribution in [0.1, 0.15) is 23.6 Å². The van der Waals surface area contributed by atoms with Crippen molar-refractivity contribution in [1.29, 1.82) is 0 Å². The molecule has 0 aliphatic heterocycles. The van der Waals surface area contributed by atoms with E-state index in [1.165, 1.54) is 0 Å². The Morgan fingerprint density at radius 1 is 1.47 bits per heavy atom. The molecule has 1 unspecified atom stereocenters. The molecule has 94 valence electrons. The third kappa shape index (κ3) is 3.46. The number of amides is 1. The van der Waals surface area contributed by atoms with Gasteiger partial charge in [0.25, 0.3) is 0 Å². The standard InChI is InChI=1S/C13H20N2O2/c1-8-5-9(2)11(12(6-8)17-4)7-15-13(16)10(3)14/h5-6,10H,7,14H2,1-4H3,(H,15,16). The molecule has 0 radical (unpaired) electrons. The number of benzene rings is 1. The van der Waals surface area contributed by atoms with E-state index in [-0.39, 0.29) is 5.91 Å². The van der Waals surface area contributed by atoms with Crippen LogP contribution in [0.25, 0.3) is 0 Å². The van der Waals surface area contributed by atoms with Gasteiger partial charge in [-0.05, 0) is 38.0 Å². The average Bonchev–Trinajstić information content (AvgIpc) is 2.26. The van der Waals surface area contributed by atoms with Crippen LogP contribution in [-0.4, -0.2) is 19.1 Å². The minimum Gasteiger partial charge on any atom is -0.496 e. The lowest BCUT2D eigenvalue weighted by atomic mass is 10.0. The summed E-state index contributed by atoms with van der Waals surface area (Å²) in [7, 11) is 1.63. The number of carbonyl (C=O) groups excluding carboxylic acids is 1. The molecule has 0 heterocycles. The Balaban J connectivity index is 2.87. The smallest absolute Gasteiger partial charge is 0.236 e. The fraction of sp³-hybridized carbons (Fsp3) is 0.462. The van der Waals surface area contributed by atoms with Crippen LogP contribution < -0.4 is 15.8 Å². The van der Waals surface area contributed by atoms with E-state index in [0.29, 0.717) is 6.54 Å². The van der Waals surface area contributed by atoms with Crippen LogP contribution in [0.3, 0.4) is 0 Å². The summed E-state index contributed by atoms with van der Waals surface area (Å²) in [6.07, 6.45) is 0. The van der Waals surface area contributed by atoms with Crippen LogP contribution >= 0.6 is 0 Å². The third-order valence-electron chi connectivity index (χ3n) is 2.65. The van der Waals surface area contributed by atoms with Crippen molar-refractivity contribution in [3.63, 3.8) is 0 Å². The van der Waals surface area contributed by atoms with Crippen LogP contribution in [0.15, 0.2) is 12.1 Å². The van der Waals surface area contributed by atoms with E-state index in [1.54, 1.807) is 14.0 Å². The number of aryl methyl sites for hydroxylation is 2. The summed E-state index contributed by atoms with van der Waals surface area (Å²) in [6, 6.07) is 3.53. The number of methoxy groups -OCH3 is 1. The molecule has 4 heteroatoms. The van der Waals surface area contributed by atoms with Crippen LogP contribution in [-0.2, 0) is 11.3 Å². The quantitative estimate of drug-likeness (QED) is 0.827. The molecule has 17 heavy (non-hydrogen) atoms. The van der Waals surface area contributed by atoms with Crippen molar-refractivity contribution in [2.24, 2.45) is 5.73 Å². The number of hydrogen-bond donors (Lipinski definition) is 2. The Morgan fingerprint density at radius 2 is 2.12 bits per heavy atom. The number of rotatable bonds is 4. The minimum absolute atomic E-state index is 0.160. The van der Waals surface area contributed by atoms with Crippen molar-refractivity contribution in [2.45, 2.75) is 33.4 Å². The second-order valence-electron chi connectivity index (χ2n) is 4.27. The fourth-order valence-corrected chi connectivity index (χ4v) is 1.70. The van der Waals surface area contributed by atoms with E-state index >= 15 is 0 Å². The van der Waals surface area contributed by atoms with E-state index in [2.05, 4.69) is 11.4 Å². The van der Waals surface area contributed by atoms with Gasteiger partial charge in [-0.3, -0.25) is 4.79 Å². The van der Waals surface area contributed by atoms with Crippen molar-refractivity contribution in [3.05, 3.63) is 28.8 Å². The lowest BCUT2D eigenvalue weighted by Gasteiger charge is -2.14. The summed E-state index contributed by atoms with van der Waals surface area (Å²) >= 11 is 0. The van der Waals surface area contributed by atoms with Crippen molar-refractivity contribution in [2.75, 3.05) is 7.11 Å². The second kappa shape index (κ2) is 5.68. The summed E-state index contributed by atoms with van der Waals surface area (Å²) in [5.41, 5.74) is 8.73. The highest BCUT2D eigenvalue weighted by Crippen LogP contribution is 2.23. The number of nitrogens with one attached hydrogen (secondary N) is 1. The fourth-order valence-electron chi connectivity index (χ4n) is 1.70. The SMILES string of the molecule is COc1cc(C)cc(C)c1CNC(=O)C(C)N. The van der Waals surface area contributed by atoms with E-state index in [4.69, 9.17) is 10.5 Å². The van der Waals surface area contributed by atoms with Gasteiger partial charge in [0.05, 0.1) is 13.2 Å². The maximum absolute atomic E-state index is 11.4. The first-order chi connectivity index (χ1) is 7.95. The first kappa shape index (κ1) is 13.5. The molecule has 0 fully saturated rings. The normalized spacial score (nSPS) is 12.1. The Morgan fingerprint density at radius 3 is 2.65 bits per heavy atom. The lowest BCUT2D eigenvalue weighted by molar-refractivity contribution is -0.122. The van der Waals surface area contributed by atoms with E-state index in [9.17, 15) is 4.79 Å². The van der Waals surface area contributed by atoms with Gasteiger partial charge < -0.3 is 15.8 Å². The Hall–Kier alpha value is -1.55. The molecule has 0 aliphatic rings. The molecule has 0 spiro atoms. The van der Waals surface area contributed by atoms with Gasteiger partial charge in [0.15, 0.2) is 0 Å². The second-order valence-corrected chi connectivity index (χ2v) is 4.27. The first-order valence-electron chi connectivity index (χ1n) is 5.63. The molecular formula is C13H20N2O2. The summed E-state index contributed by atoms with van der Waals surface area (Å²) in [5, 5.41) is 2.79. The number of ether oxygens (including phenoxy) is 1. The zero-order valence-corrected chi connectivity index (χ0v) is 10.8. The molecule has 0 aliphatic carbocycles. The number of hydrogen-bond acceptors (Lipinski definition) is 3. The molecule has 0 saturated carbocycles. The molecule has 0 saturated heterocycles. The highest BCUT2D eigenvalue weighted by atomic mass is 16.5. The predicted molar refractivity (Wildman–Crippen MR) is 68.0 cm³/mol. The van der Waals surface area contributed by atoms with Crippen LogP contribution in [0.4, 0.5) is 0 Å². The largest absolute Gasteiger partial charge is 0.496 e. The average molecular weight is 236 g/mol. The zero-order chi connectivity index (χ0) is 13.0. The Bertz CT molecular complexity index is 414. The Kier molecular flexibility index (Phi) is 4.52. The zero-order valence-electron chi connectivity index (χ0n) is 10.8. The number of nitrogens with two attached hydrogens (primary N) is 1. The van der Waals surface area contributed by atoms with E-state index in [0.717, 1.165) is 22.4 Å². The molecule has 1 rings (SSSR count). The van der Waals surface area contributed by atoms with Gasteiger partial charge in [0.1, 0.15) is 5.75 Å². The van der Waals surface area contributed by atoms with Crippen LogP contribution in [0.5, 0.6) is 5.75 Å². The van der Waals surface area contributed by atoms with Gasteiger partial charge in [-0.15, -0.1) is 0 Å². The third-order valence-corrected chi connectivity index (χ3v) is 2.65. The van der Waals surface area contributed by atoms with E-state index < -0.39 is 6.04 Å². The molecular weight excluding hydrogens is 216 g/mol. The van der Waals surface area contributed by atoms with Crippen LogP contribution in [0.2, 0.25) is 0 Å². The first-order valence-corrected chi connectivity index (χ1v) is 5.63. The summed E-state index contributed by atoms with van der Waals surface area (Å²) < 4.78 is 5.32. The van der Waals surface area contributed by atoms with Gasteiger partial charge in [0.2, 0.25) is 5.91 Å². The van der Waals surface area contributed by atoms with Crippen molar-refractivity contribution < 1.29 is 9.53 Å². The molecule has 1 aromatic rings. The number of carbonyl (C=O) groups is 1. The lowest BCUT2D eigenvalue weighted by Crippen LogP contribution is -2.38. The van der Waals surface area contributed by atoms with Crippen molar-refractivity contribution in [3.8, 4) is 5.75 Å². The van der Waals surface area contributed by atoms with Gasteiger partial charge in [-0.25, -0.2) is 0 Å². The molecule has 0 bridgehead atoms. The van der Waals surface area contributed by atoms with Crippen LogP contribution in [0, 0.1) is 13.8 Å². The molecule has 1 aromatic carbocycles. The highest BCUT2D eigenvalue weighted by Gasteiger charge is 2.11. The maximum atomic E-state index is 11.4. The van der Waals surface area contributed by atoms with E-state index in [1.807, 2.05) is 19.9 Å². The minimum atomic E-state index is -0.494. The topological polar surface area (TPSA) is 64.3 Å². The highest BCUT2D eigenvalue weighted by molar-refractivity contribution is 5.81. The van der Waals surface area contributed by atoms with Gasteiger partial charge in [-0.2, -0.15) is 0 Å². The van der Waals surface area contributed by atoms with Gasteiger partial charge in [-0.1, -0.05) is 6.07 Å². The molecule has 1 atom stereocenters. The monoisotopic (exact) mass is 236 g/mol. The maximum Gasteiger partial charge on any atom is 0.236 e. The molecule has 3 N–H and O–H groups in total. The Labute approximate surface area is 102 Å². The van der Waals surface area contributed by atoms with Gasteiger partial charge in [0, 0.05) is 12.1 Å². The predicted octanol–water partition coefficient (Wildman–Crippen LogP) is 1.28. The van der Waals surface area contributed by atoms with Gasteiger partial charge >= 0.3 is 0 Å². The molecule has 4 nitrogen and oxygen atoms in total. The summed E-state index contributed by atoms with van der Waals surface area (Å²) in [4.78, 5) is 11.4. The summed E-state index contributed by atoms with van der Waals surface area (Å²) in [6.45, 7) is 6.12. The van der Waals surface area contributed by atoms with Crippen molar-refractivity contribution >= 4 is 5.91 Å². The summed E-state index contributed by atoms with van der Waals surface area (Å²) in [5.74, 6) is 0.638. The molecule has 1 amide bonds.